The largest absolute Gasteiger partial charge is 0.481 e. The molecule has 0 heterocycles. The van der Waals surface area contributed by atoms with E-state index >= 15 is 0 Å². The van der Waals surface area contributed by atoms with Crippen LogP contribution in [-0.2, 0) is 4.79 Å². The van der Waals surface area contributed by atoms with E-state index in [0.29, 0.717) is 4.32 Å². The monoisotopic (exact) mass is 245 g/mol. The Labute approximate surface area is 97.6 Å². The molecule has 1 aromatic carbocycles. The number of hydrogen-bond acceptors (Lipinski definition) is 3. The van der Waals surface area contributed by atoms with Crippen LogP contribution < -0.4 is 11.5 Å². The molecule has 0 aliphatic heterocycles. The number of rotatable bonds is 3. The number of para-hydroxylation sites is 1. The summed E-state index contributed by atoms with van der Waals surface area (Å²) in [4.78, 5) is 10.2. The van der Waals surface area contributed by atoms with Gasteiger partial charge in [-0.25, -0.2) is 0 Å². The normalized spacial score (nSPS) is 8.80. The maximum absolute atomic E-state index is 10.2. The average Bonchev–Trinajstić information content (AvgIpc) is 2.16. The molecular weight excluding hydrogens is 232 g/mol. The summed E-state index contributed by atoms with van der Waals surface area (Å²) in [5.41, 5.74) is 0.871. The SMILES string of the molecule is O=C(O)CSC(=S)Nc1ccccc1.[NH4+]. The fourth-order valence-electron chi connectivity index (χ4n) is 0.803. The van der Waals surface area contributed by atoms with E-state index in [-0.39, 0.29) is 11.9 Å². The maximum atomic E-state index is 10.2. The number of carbonyl (C=O) groups is 1. The van der Waals surface area contributed by atoms with Crippen molar-refractivity contribution in [2.75, 3.05) is 11.1 Å². The van der Waals surface area contributed by atoms with Crippen molar-refractivity contribution in [2.24, 2.45) is 0 Å². The summed E-state index contributed by atoms with van der Waals surface area (Å²) in [7, 11) is 0. The van der Waals surface area contributed by atoms with Gasteiger partial charge in [0.15, 0.2) is 0 Å². The van der Waals surface area contributed by atoms with Gasteiger partial charge in [0.1, 0.15) is 4.32 Å². The van der Waals surface area contributed by atoms with Crippen molar-refractivity contribution in [2.45, 2.75) is 0 Å². The van der Waals surface area contributed by atoms with Gasteiger partial charge < -0.3 is 16.6 Å². The zero-order valence-corrected chi connectivity index (χ0v) is 9.90. The number of nitrogens with one attached hydrogen (secondary N) is 1. The van der Waals surface area contributed by atoms with Gasteiger partial charge in [0, 0.05) is 5.69 Å². The second-order valence-corrected chi connectivity index (χ2v) is 4.11. The van der Waals surface area contributed by atoms with E-state index < -0.39 is 5.97 Å². The molecule has 0 aliphatic carbocycles. The average molecular weight is 245 g/mol. The molecule has 0 saturated heterocycles. The minimum Gasteiger partial charge on any atom is -0.481 e. The first-order chi connectivity index (χ1) is 6.68. The lowest BCUT2D eigenvalue weighted by molar-refractivity contribution is -0.133. The van der Waals surface area contributed by atoms with Gasteiger partial charge in [-0.1, -0.05) is 42.2 Å². The molecule has 4 nitrogen and oxygen atoms in total. The molecule has 1 rings (SSSR count). The van der Waals surface area contributed by atoms with Crippen LogP contribution in [0.3, 0.4) is 0 Å². The third-order valence-corrected chi connectivity index (χ3v) is 2.56. The Hall–Kier alpha value is -1.11. The van der Waals surface area contributed by atoms with Crippen molar-refractivity contribution in [3.05, 3.63) is 30.3 Å². The second-order valence-electron chi connectivity index (χ2n) is 2.46. The molecule has 0 unspecified atom stereocenters. The van der Waals surface area contributed by atoms with Crippen LogP contribution in [0.2, 0.25) is 0 Å². The van der Waals surface area contributed by atoms with E-state index in [0.717, 1.165) is 17.4 Å². The van der Waals surface area contributed by atoms with E-state index in [2.05, 4.69) is 5.32 Å². The summed E-state index contributed by atoms with van der Waals surface area (Å²) >= 11 is 6.04. The number of thioether (sulfide) groups is 1. The Morgan fingerprint density at radius 1 is 1.40 bits per heavy atom. The van der Waals surface area contributed by atoms with Crippen molar-refractivity contribution in [3.8, 4) is 0 Å². The lowest BCUT2D eigenvalue weighted by Gasteiger charge is -2.05. The third-order valence-electron chi connectivity index (χ3n) is 1.35. The van der Waals surface area contributed by atoms with E-state index in [4.69, 9.17) is 17.3 Å². The Balaban J connectivity index is 0.00000196. The molecular formula is C9H13N2O2S2+. The standard InChI is InChI=1S/C9H9NO2S2.H3N/c11-8(12)6-14-9(13)10-7-4-2-1-3-5-7;/h1-5H,6H2,(H,10,13)(H,11,12);1H3/p+1. The molecule has 0 amide bonds. The Kier molecular flexibility index (Phi) is 6.68. The summed E-state index contributed by atoms with van der Waals surface area (Å²) < 4.78 is 0.471. The highest BCUT2D eigenvalue weighted by atomic mass is 32.2. The number of hydrogen-bond donors (Lipinski definition) is 3. The van der Waals surface area contributed by atoms with Crippen LogP contribution >= 0.6 is 24.0 Å². The molecule has 0 aliphatic rings. The number of quaternary nitrogens is 1. The van der Waals surface area contributed by atoms with Crippen molar-refractivity contribution in [3.63, 3.8) is 0 Å². The fourth-order valence-corrected chi connectivity index (χ4v) is 1.54. The smallest absolute Gasteiger partial charge is 0.313 e. The van der Waals surface area contributed by atoms with Crippen LogP contribution in [0.5, 0.6) is 0 Å². The summed E-state index contributed by atoms with van der Waals surface area (Å²) in [5.74, 6) is -0.884. The zero-order chi connectivity index (χ0) is 10.4. The molecule has 82 valence electrons. The second kappa shape index (κ2) is 7.22. The zero-order valence-electron chi connectivity index (χ0n) is 8.27. The quantitative estimate of drug-likeness (QED) is 0.713. The molecule has 0 bridgehead atoms. The van der Waals surface area contributed by atoms with Gasteiger partial charge in [0.2, 0.25) is 0 Å². The minimum absolute atomic E-state index is 0. The van der Waals surface area contributed by atoms with Gasteiger partial charge in [-0.3, -0.25) is 4.79 Å². The van der Waals surface area contributed by atoms with Crippen molar-refractivity contribution >= 4 is 40.0 Å². The predicted octanol–water partition coefficient (Wildman–Crippen LogP) is 2.58. The van der Waals surface area contributed by atoms with E-state index in [1.165, 1.54) is 0 Å². The van der Waals surface area contributed by atoms with Crippen LogP contribution in [-0.4, -0.2) is 21.1 Å². The highest BCUT2D eigenvalue weighted by Crippen LogP contribution is 2.10. The highest BCUT2D eigenvalue weighted by molar-refractivity contribution is 8.23. The summed E-state index contributed by atoms with van der Waals surface area (Å²) in [5, 5.41) is 11.3. The van der Waals surface area contributed by atoms with Crippen LogP contribution in [0.4, 0.5) is 5.69 Å². The molecule has 0 radical (unpaired) electrons. The van der Waals surface area contributed by atoms with Gasteiger partial charge in [-0.2, -0.15) is 0 Å². The molecule has 1 aromatic rings. The fraction of sp³-hybridized carbons (Fsp3) is 0.111. The number of anilines is 1. The first-order valence-electron chi connectivity index (χ1n) is 3.89. The number of aliphatic carboxylic acids is 1. The van der Waals surface area contributed by atoms with Gasteiger partial charge in [-0.05, 0) is 12.1 Å². The van der Waals surface area contributed by atoms with E-state index in [1.54, 1.807) is 0 Å². The molecule has 6 N–H and O–H groups in total. The van der Waals surface area contributed by atoms with Gasteiger partial charge >= 0.3 is 5.97 Å². The summed E-state index contributed by atoms with van der Waals surface area (Å²) in [6.07, 6.45) is 0. The Bertz CT molecular complexity index is 330. The number of carboxylic acids is 1. The van der Waals surface area contributed by atoms with Crippen LogP contribution in [0.15, 0.2) is 30.3 Å². The maximum Gasteiger partial charge on any atom is 0.313 e. The lowest BCUT2D eigenvalue weighted by atomic mass is 10.3. The van der Waals surface area contributed by atoms with Crippen molar-refractivity contribution in [1.29, 1.82) is 0 Å². The number of carboxylic acid groups (broad SMARTS) is 1. The van der Waals surface area contributed by atoms with E-state index in [1.807, 2.05) is 30.3 Å². The minimum atomic E-state index is -0.868. The van der Waals surface area contributed by atoms with Gasteiger partial charge in [0.25, 0.3) is 0 Å². The molecule has 6 heteroatoms. The highest BCUT2D eigenvalue weighted by Gasteiger charge is 2.01. The predicted molar refractivity (Wildman–Crippen MR) is 68.7 cm³/mol. The summed E-state index contributed by atoms with van der Waals surface area (Å²) in [6, 6.07) is 9.40. The van der Waals surface area contributed by atoms with Crippen LogP contribution in [0.1, 0.15) is 0 Å². The summed E-state index contributed by atoms with van der Waals surface area (Å²) in [6.45, 7) is 0. The van der Waals surface area contributed by atoms with Gasteiger partial charge in [-0.15, -0.1) is 0 Å². The molecule has 0 aromatic heterocycles. The lowest BCUT2D eigenvalue weighted by Crippen LogP contribution is -2.08. The molecule has 0 atom stereocenters. The first-order valence-corrected chi connectivity index (χ1v) is 5.28. The van der Waals surface area contributed by atoms with E-state index in [9.17, 15) is 4.79 Å². The first kappa shape index (κ1) is 13.9. The Morgan fingerprint density at radius 2 is 2.00 bits per heavy atom. The van der Waals surface area contributed by atoms with Crippen LogP contribution in [0.25, 0.3) is 0 Å². The number of thiocarbonyl (C=S) groups is 1. The number of benzene rings is 1. The van der Waals surface area contributed by atoms with Crippen molar-refractivity contribution < 1.29 is 9.90 Å². The Morgan fingerprint density at radius 3 is 2.53 bits per heavy atom. The molecule has 15 heavy (non-hydrogen) atoms. The third kappa shape index (κ3) is 6.05. The molecule has 0 saturated carbocycles. The van der Waals surface area contributed by atoms with Crippen molar-refractivity contribution in [1.82, 2.24) is 6.15 Å². The molecule has 0 spiro atoms. The van der Waals surface area contributed by atoms with Crippen LogP contribution in [0, 0.1) is 0 Å². The van der Waals surface area contributed by atoms with Gasteiger partial charge in [0.05, 0.1) is 5.75 Å². The molecule has 0 fully saturated rings. The topological polar surface area (TPSA) is 85.8 Å².